The van der Waals surface area contributed by atoms with Crippen molar-refractivity contribution in [2.24, 2.45) is 0 Å². The quantitative estimate of drug-likeness (QED) is 0.714. The first-order valence-electron chi connectivity index (χ1n) is 4.88. The van der Waals surface area contributed by atoms with Crippen LogP contribution in [0, 0.1) is 12.7 Å². The second-order valence-electron chi connectivity index (χ2n) is 3.59. The van der Waals surface area contributed by atoms with Crippen LogP contribution in [0.15, 0.2) is 12.1 Å². The highest BCUT2D eigenvalue weighted by atomic mass is 19.1. The van der Waals surface area contributed by atoms with E-state index in [2.05, 4.69) is 0 Å². The van der Waals surface area contributed by atoms with Crippen LogP contribution in [0.25, 0.3) is 0 Å². The van der Waals surface area contributed by atoms with E-state index in [0.717, 1.165) is 11.8 Å². The van der Waals surface area contributed by atoms with Crippen LogP contribution in [0.4, 0.5) is 4.39 Å². The van der Waals surface area contributed by atoms with E-state index < -0.39 is 0 Å². The molecule has 1 aromatic carbocycles. The summed E-state index contributed by atoms with van der Waals surface area (Å²) in [6.45, 7) is 3.59. The number of rotatable bonds is 4. The fraction of sp³-hybridized carbons (Fsp3) is 0.417. The summed E-state index contributed by atoms with van der Waals surface area (Å²) in [6, 6.07) is 2.98. The van der Waals surface area contributed by atoms with Crippen molar-refractivity contribution in [3.05, 3.63) is 29.1 Å². The second-order valence-corrected chi connectivity index (χ2v) is 3.59. The Labute approximate surface area is 89.1 Å². The van der Waals surface area contributed by atoms with Crippen LogP contribution in [0.5, 0.6) is 5.75 Å². The lowest BCUT2D eigenvalue weighted by molar-refractivity contribution is -0.108. The highest BCUT2D eigenvalue weighted by molar-refractivity contribution is 5.54. The summed E-state index contributed by atoms with van der Waals surface area (Å²) in [5.41, 5.74) is 1.34. The number of aldehydes is 1. The van der Waals surface area contributed by atoms with E-state index in [1.165, 1.54) is 6.07 Å². The lowest BCUT2D eigenvalue weighted by atomic mass is 9.93. The molecule has 3 heteroatoms. The molecular formula is C12H15FO2. The Morgan fingerprint density at radius 1 is 1.53 bits per heavy atom. The third-order valence-electron chi connectivity index (χ3n) is 2.57. The van der Waals surface area contributed by atoms with Gasteiger partial charge < -0.3 is 9.53 Å². The monoisotopic (exact) mass is 210 g/mol. The largest absolute Gasteiger partial charge is 0.496 e. The minimum absolute atomic E-state index is 0.0202. The molecule has 82 valence electrons. The molecule has 0 bridgehead atoms. The van der Waals surface area contributed by atoms with Gasteiger partial charge in [0.1, 0.15) is 17.9 Å². The van der Waals surface area contributed by atoms with Gasteiger partial charge in [-0.2, -0.15) is 0 Å². The molecule has 0 amide bonds. The fourth-order valence-electron chi connectivity index (χ4n) is 1.73. The predicted molar refractivity (Wildman–Crippen MR) is 56.8 cm³/mol. The van der Waals surface area contributed by atoms with Gasteiger partial charge in [0.25, 0.3) is 0 Å². The zero-order valence-corrected chi connectivity index (χ0v) is 9.21. The molecule has 1 unspecified atom stereocenters. The molecule has 0 aromatic heterocycles. The number of hydrogen-bond acceptors (Lipinski definition) is 2. The molecule has 0 radical (unpaired) electrons. The smallest absolute Gasteiger partial charge is 0.126 e. The average Bonchev–Trinajstić information content (AvgIpc) is 2.22. The van der Waals surface area contributed by atoms with Crippen LogP contribution in [-0.2, 0) is 4.79 Å². The molecule has 1 aromatic rings. The van der Waals surface area contributed by atoms with Gasteiger partial charge in [0.15, 0.2) is 0 Å². The van der Waals surface area contributed by atoms with Crippen molar-refractivity contribution in [2.75, 3.05) is 7.11 Å². The maximum Gasteiger partial charge on any atom is 0.126 e. The molecule has 0 N–H and O–H groups in total. The van der Waals surface area contributed by atoms with Crippen molar-refractivity contribution >= 4 is 6.29 Å². The van der Waals surface area contributed by atoms with Gasteiger partial charge >= 0.3 is 0 Å². The van der Waals surface area contributed by atoms with Gasteiger partial charge in [-0.15, -0.1) is 0 Å². The zero-order valence-electron chi connectivity index (χ0n) is 9.21. The Kier molecular flexibility index (Phi) is 3.83. The summed E-state index contributed by atoms with van der Waals surface area (Å²) in [4.78, 5) is 10.4. The van der Waals surface area contributed by atoms with Crippen LogP contribution in [-0.4, -0.2) is 13.4 Å². The Balaban J connectivity index is 3.22. The molecule has 0 fully saturated rings. The van der Waals surface area contributed by atoms with E-state index in [1.807, 2.05) is 6.92 Å². The third-order valence-corrected chi connectivity index (χ3v) is 2.57. The van der Waals surface area contributed by atoms with Crippen molar-refractivity contribution in [3.8, 4) is 5.75 Å². The van der Waals surface area contributed by atoms with Gasteiger partial charge in [-0.1, -0.05) is 6.92 Å². The number of methoxy groups -OCH3 is 1. The molecule has 0 aliphatic heterocycles. The standard InChI is InChI=1S/C12H15FO2/c1-8(6-7-14)12-9(2)10(13)4-5-11(12)15-3/h4-5,7-8H,6H2,1-3H3. The van der Waals surface area contributed by atoms with Gasteiger partial charge in [0.05, 0.1) is 7.11 Å². The third kappa shape index (κ3) is 2.35. The topological polar surface area (TPSA) is 26.3 Å². The number of benzene rings is 1. The van der Waals surface area contributed by atoms with Gasteiger partial charge in [0.2, 0.25) is 0 Å². The zero-order chi connectivity index (χ0) is 11.4. The van der Waals surface area contributed by atoms with Crippen LogP contribution < -0.4 is 4.74 Å². The van der Waals surface area contributed by atoms with E-state index in [0.29, 0.717) is 17.7 Å². The van der Waals surface area contributed by atoms with Crippen molar-refractivity contribution in [3.63, 3.8) is 0 Å². The maximum absolute atomic E-state index is 13.4. The number of halogens is 1. The van der Waals surface area contributed by atoms with Gasteiger partial charge in [-0.25, -0.2) is 4.39 Å². The van der Waals surface area contributed by atoms with E-state index in [4.69, 9.17) is 4.74 Å². The van der Waals surface area contributed by atoms with E-state index >= 15 is 0 Å². The summed E-state index contributed by atoms with van der Waals surface area (Å²) < 4.78 is 18.5. The Hall–Kier alpha value is -1.38. The first-order chi connectivity index (χ1) is 7.11. The molecule has 0 saturated heterocycles. The predicted octanol–water partition coefficient (Wildman–Crippen LogP) is 2.84. The Bertz CT molecular complexity index is 361. The van der Waals surface area contributed by atoms with Crippen LogP contribution in [0.1, 0.15) is 30.4 Å². The van der Waals surface area contributed by atoms with Crippen LogP contribution >= 0.6 is 0 Å². The van der Waals surface area contributed by atoms with E-state index in [9.17, 15) is 9.18 Å². The summed E-state index contributed by atoms with van der Waals surface area (Å²) in [5.74, 6) is 0.361. The van der Waals surface area contributed by atoms with Crippen molar-refractivity contribution < 1.29 is 13.9 Å². The molecular weight excluding hydrogens is 195 g/mol. The minimum Gasteiger partial charge on any atom is -0.496 e. The molecule has 0 aliphatic carbocycles. The molecule has 0 saturated carbocycles. The molecule has 0 aliphatic rings. The molecule has 1 atom stereocenters. The number of hydrogen-bond donors (Lipinski definition) is 0. The highest BCUT2D eigenvalue weighted by Gasteiger charge is 2.16. The van der Waals surface area contributed by atoms with E-state index in [1.54, 1.807) is 20.1 Å². The van der Waals surface area contributed by atoms with Gasteiger partial charge in [0, 0.05) is 12.0 Å². The highest BCUT2D eigenvalue weighted by Crippen LogP contribution is 2.32. The molecule has 15 heavy (non-hydrogen) atoms. The average molecular weight is 210 g/mol. The minimum atomic E-state index is -0.261. The van der Waals surface area contributed by atoms with Gasteiger partial charge in [-0.05, 0) is 30.5 Å². The number of carbonyl (C=O) groups is 1. The second kappa shape index (κ2) is 4.91. The Morgan fingerprint density at radius 3 is 2.73 bits per heavy atom. The molecule has 0 spiro atoms. The summed E-state index contributed by atoms with van der Waals surface area (Å²) >= 11 is 0. The first kappa shape index (κ1) is 11.7. The maximum atomic E-state index is 13.4. The SMILES string of the molecule is COc1ccc(F)c(C)c1C(C)CC=O. The summed E-state index contributed by atoms with van der Waals surface area (Å²) in [6.07, 6.45) is 1.22. The Morgan fingerprint density at radius 2 is 2.20 bits per heavy atom. The normalized spacial score (nSPS) is 12.3. The van der Waals surface area contributed by atoms with E-state index in [-0.39, 0.29) is 11.7 Å². The van der Waals surface area contributed by atoms with Crippen LogP contribution in [0.2, 0.25) is 0 Å². The van der Waals surface area contributed by atoms with Crippen molar-refractivity contribution in [1.29, 1.82) is 0 Å². The first-order valence-corrected chi connectivity index (χ1v) is 4.88. The van der Waals surface area contributed by atoms with Crippen molar-refractivity contribution in [1.82, 2.24) is 0 Å². The number of carbonyl (C=O) groups excluding carboxylic acids is 1. The molecule has 0 heterocycles. The lowest BCUT2D eigenvalue weighted by Gasteiger charge is -2.16. The van der Waals surface area contributed by atoms with Gasteiger partial charge in [-0.3, -0.25) is 0 Å². The summed E-state index contributed by atoms with van der Waals surface area (Å²) in [7, 11) is 1.55. The molecule has 2 nitrogen and oxygen atoms in total. The van der Waals surface area contributed by atoms with Crippen molar-refractivity contribution in [2.45, 2.75) is 26.2 Å². The van der Waals surface area contributed by atoms with Crippen LogP contribution in [0.3, 0.4) is 0 Å². The number of ether oxygens (including phenoxy) is 1. The fourth-order valence-corrected chi connectivity index (χ4v) is 1.73. The molecule has 1 rings (SSSR count). The summed E-state index contributed by atoms with van der Waals surface area (Å²) in [5, 5.41) is 0. The lowest BCUT2D eigenvalue weighted by Crippen LogP contribution is -2.03.